The first-order chi connectivity index (χ1) is 12.9. The molecule has 27 heavy (non-hydrogen) atoms. The van der Waals surface area contributed by atoms with Crippen molar-refractivity contribution >= 4 is 11.0 Å². The number of fused-ring (bicyclic) bond motifs is 1. The molecule has 1 aliphatic rings. The molecule has 10 heteroatoms. The molecular weight excluding hydrogens is 363 g/mol. The molecule has 0 bridgehead atoms. The average Bonchev–Trinajstić information content (AvgIpc) is 3.20. The van der Waals surface area contributed by atoms with Gasteiger partial charge in [0.2, 0.25) is 5.82 Å². The van der Waals surface area contributed by atoms with Gasteiger partial charge in [0.15, 0.2) is 0 Å². The Morgan fingerprint density at radius 3 is 2.85 bits per heavy atom. The lowest BCUT2D eigenvalue weighted by molar-refractivity contribution is -0.146. The SMILES string of the molecule is OC1CCOC(Cn2cc(Cn3c(C(F)(F)F)nc4ccccc43)nn2)C1. The second-order valence-electron chi connectivity index (χ2n) is 6.61. The monoisotopic (exact) mass is 381 g/mol. The molecule has 3 heterocycles. The fourth-order valence-corrected chi connectivity index (χ4v) is 3.31. The van der Waals surface area contributed by atoms with Crippen LogP contribution in [0.25, 0.3) is 11.0 Å². The molecule has 0 amide bonds. The minimum Gasteiger partial charge on any atom is -0.393 e. The van der Waals surface area contributed by atoms with Crippen LogP contribution in [0.5, 0.6) is 0 Å². The van der Waals surface area contributed by atoms with E-state index in [1.807, 2.05) is 0 Å². The van der Waals surface area contributed by atoms with Crippen molar-refractivity contribution in [3.05, 3.63) is 42.0 Å². The Bertz CT molecular complexity index is 936. The lowest BCUT2D eigenvalue weighted by atomic mass is 10.1. The average molecular weight is 381 g/mol. The van der Waals surface area contributed by atoms with Crippen LogP contribution in [0.3, 0.4) is 0 Å². The molecule has 7 nitrogen and oxygen atoms in total. The molecule has 1 saturated heterocycles. The topological polar surface area (TPSA) is 78.0 Å². The van der Waals surface area contributed by atoms with E-state index in [0.29, 0.717) is 37.2 Å². The number of ether oxygens (including phenoxy) is 1. The van der Waals surface area contributed by atoms with Gasteiger partial charge in [0.25, 0.3) is 0 Å². The second-order valence-corrected chi connectivity index (χ2v) is 6.61. The van der Waals surface area contributed by atoms with Crippen LogP contribution in [0.4, 0.5) is 13.2 Å². The van der Waals surface area contributed by atoms with Gasteiger partial charge in [-0.1, -0.05) is 17.3 Å². The summed E-state index contributed by atoms with van der Waals surface area (Å²) in [6.07, 6.45) is -2.46. The van der Waals surface area contributed by atoms with Gasteiger partial charge in [-0.2, -0.15) is 13.2 Å². The predicted octanol–water partition coefficient (Wildman–Crippen LogP) is 2.23. The van der Waals surface area contributed by atoms with E-state index in [9.17, 15) is 18.3 Å². The number of imidazole rings is 1. The molecule has 2 atom stereocenters. The van der Waals surface area contributed by atoms with Crippen molar-refractivity contribution < 1.29 is 23.0 Å². The number of hydrogen-bond donors (Lipinski definition) is 1. The summed E-state index contributed by atoms with van der Waals surface area (Å²) in [7, 11) is 0. The van der Waals surface area contributed by atoms with Crippen LogP contribution in [-0.2, 0) is 24.0 Å². The summed E-state index contributed by atoms with van der Waals surface area (Å²) >= 11 is 0. The number of aliphatic hydroxyl groups is 1. The molecule has 0 radical (unpaired) electrons. The highest BCUT2D eigenvalue weighted by atomic mass is 19.4. The third kappa shape index (κ3) is 3.81. The lowest BCUT2D eigenvalue weighted by Crippen LogP contribution is -2.32. The third-order valence-corrected chi connectivity index (χ3v) is 4.54. The van der Waals surface area contributed by atoms with Crippen molar-refractivity contribution in [1.82, 2.24) is 24.5 Å². The van der Waals surface area contributed by atoms with Gasteiger partial charge < -0.3 is 14.4 Å². The van der Waals surface area contributed by atoms with Crippen molar-refractivity contribution in [3.8, 4) is 0 Å². The number of alkyl halides is 3. The first-order valence-electron chi connectivity index (χ1n) is 8.61. The fraction of sp³-hybridized carbons (Fsp3) is 0.471. The Labute approximate surface area is 152 Å². The van der Waals surface area contributed by atoms with Gasteiger partial charge in [0.1, 0.15) is 5.69 Å². The van der Waals surface area contributed by atoms with Crippen molar-refractivity contribution in [2.75, 3.05) is 6.61 Å². The van der Waals surface area contributed by atoms with Gasteiger partial charge in [-0.05, 0) is 18.6 Å². The Morgan fingerprint density at radius 1 is 1.26 bits per heavy atom. The maximum Gasteiger partial charge on any atom is 0.449 e. The summed E-state index contributed by atoms with van der Waals surface area (Å²) in [6, 6.07) is 6.46. The maximum atomic E-state index is 13.4. The molecule has 0 aliphatic carbocycles. The highest BCUT2D eigenvalue weighted by molar-refractivity contribution is 5.76. The summed E-state index contributed by atoms with van der Waals surface area (Å²) < 4.78 is 48.3. The van der Waals surface area contributed by atoms with Gasteiger partial charge in [-0.3, -0.25) is 0 Å². The van der Waals surface area contributed by atoms with Crippen LogP contribution >= 0.6 is 0 Å². The van der Waals surface area contributed by atoms with Gasteiger partial charge in [0.05, 0.1) is 42.5 Å². The summed E-state index contributed by atoms with van der Waals surface area (Å²) in [5.41, 5.74) is 1.06. The van der Waals surface area contributed by atoms with Crippen LogP contribution < -0.4 is 0 Å². The number of aliphatic hydroxyl groups excluding tert-OH is 1. The zero-order valence-electron chi connectivity index (χ0n) is 14.3. The van der Waals surface area contributed by atoms with E-state index >= 15 is 0 Å². The molecular formula is C17H18F3N5O2. The normalized spacial score (nSPS) is 21.0. The summed E-state index contributed by atoms with van der Waals surface area (Å²) in [5, 5.41) is 17.7. The number of benzene rings is 1. The zero-order chi connectivity index (χ0) is 19.0. The van der Waals surface area contributed by atoms with Crippen molar-refractivity contribution in [3.63, 3.8) is 0 Å². The van der Waals surface area contributed by atoms with Crippen LogP contribution in [0.15, 0.2) is 30.5 Å². The fourth-order valence-electron chi connectivity index (χ4n) is 3.31. The van der Waals surface area contributed by atoms with Crippen LogP contribution in [0.1, 0.15) is 24.4 Å². The minimum atomic E-state index is -4.57. The van der Waals surface area contributed by atoms with E-state index < -0.39 is 18.1 Å². The molecule has 1 fully saturated rings. The number of halogens is 3. The van der Waals surface area contributed by atoms with Gasteiger partial charge in [-0.15, -0.1) is 5.10 Å². The molecule has 0 spiro atoms. The number of aromatic nitrogens is 5. The summed E-state index contributed by atoms with van der Waals surface area (Å²) in [4.78, 5) is 3.72. The number of hydrogen-bond acceptors (Lipinski definition) is 5. The largest absolute Gasteiger partial charge is 0.449 e. The van der Waals surface area contributed by atoms with E-state index in [0.717, 1.165) is 4.57 Å². The van der Waals surface area contributed by atoms with E-state index in [1.165, 1.54) is 4.68 Å². The Morgan fingerprint density at radius 2 is 2.07 bits per heavy atom. The van der Waals surface area contributed by atoms with E-state index in [2.05, 4.69) is 15.3 Å². The number of nitrogens with zero attached hydrogens (tertiary/aromatic N) is 5. The second kappa shape index (κ2) is 6.93. The molecule has 2 aromatic heterocycles. The van der Waals surface area contributed by atoms with Gasteiger partial charge in [-0.25, -0.2) is 9.67 Å². The predicted molar refractivity (Wildman–Crippen MR) is 88.8 cm³/mol. The highest BCUT2D eigenvalue weighted by Crippen LogP contribution is 2.31. The Kier molecular flexibility index (Phi) is 4.60. The van der Waals surface area contributed by atoms with Gasteiger partial charge >= 0.3 is 6.18 Å². The van der Waals surface area contributed by atoms with E-state index in [1.54, 1.807) is 30.5 Å². The first kappa shape index (κ1) is 17.9. The number of rotatable bonds is 4. The minimum absolute atomic E-state index is 0.0937. The van der Waals surface area contributed by atoms with Crippen molar-refractivity contribution in [2.24, 2.45) is 0 Å². The first-order valence-corrected chi connectivity index (χ1v) is 8.61. The lowest BCUT2D eigenvalue weighted by Gasteiger charge is -2.26. The third-order valence-electron chi connectivity index (χ3n) is 4.54. The van der Waals surface area contributed by atoms with Crippen LogP contribution in [0, 0.1) is 0 Å². The molecule has 0 saturated carbocycles. The van der Waals surface area contributed by atoms with Gasteiger partial charge in [0, 0.05) is 13.0 Å². The standard InChI is InChI=1S/C17H18F3N5O2/c18-17(19,20)16-21-14-3-1-2-4-15(14)25(16)9-11-8-24(23-22-11)10-13-7-12(26)5-6-27-13/h1-4,8,12-13,26H,5-7,9-10H2. The molecule has 1 aliphatic heterocycles. The Balaban J connectivity index is 1.57. The molecule has 4 rings (SSSR count). The van der Waals surface area contributed by atoms with Crippen LogP contribution in [-0.4, -0.2) is 48.5 Å². The zero-order valence-corrected chi connectivity index (χ0v) is 14.3. The Hall–Kier alpha value is -2.46. The molecule has 1 aromatic carbocycles. The molecule has 144 valence electrons. The number of para-hydroxylation sites is 2. The van der Waals surface area contributed by atoms with Crippen molar-refractivity contribution in [2.45, 2.75) is 44.3 Å². The van der Waals surface area contributed by atoms with E-state index in [4.69, 9.17) is 4.74 Å². The molecule has 3 aromatic rings. The summed E-state index contributed by atoms with van der Waals surface area (Å²) in [5.74, 6) is -0.961. The summed E-state index contributed by atoms with van der Waals surface area (Å²) in [6.45, 7) is 0.772. The maximum absolute atomic E-state index is 13.4. The quantitative estimate of drug-likeness (QED) is 0.750. The molecule has 1 N–H and O–H groups in total. The smallest absolute Gasteiger partial charge is 0.393 e. The highest BCUT2D eigenvalue weighted by Gasteiger charge is 2.37. The van der Waals surface area contributed by atoms with Crippen molar-refractivity contribution in [1.29, 1.82) is 0 Å². The molecule has 2 unspecified atom stereocenters. The van der Waals surface area contributed by atoms with Crippen LogP contribution in [0.2, 0.25) is 0 Å². The van der Waals surface area contributed by atoms with E-state index in [-0.39, 0.29) is 18.2 Å².